The number of hydrogen-bond acceptors (Lipinski definition) is 3. The molecule has 4 nitrogen and oxygen atoms in total. The van der Waals surface area contributed by atoms with Crippen molar-refractivity contribution in [2.24, 2.45) is 0 Å². The van der Waals surface area contributed by atoms with Gasteiger partial charge < -0.3 is 15.2 Å². The molecule has 0 spiro atoms. The summed E-state index contributed by atoms with van der Waals surface area (Å²) in [5.74, 6) is 5.71. The van der Waals surface area contributed by atoms with Crippen LogP contribution in [0.3, 0.4) is 0 Å². The van der Waals surface area contributed by atoms with E-state index in [2.05, 4.69) is 17.2 Å². The van der Waals surface area contributed by atoms with Gasteiger partial charge in [0.2, 0.25) is 0 Å². The first-order valence-electron chi connectivity index (χ1n) is 6.52. The number of nitrogens with one attached hydrogen (secondary N) is 1. The molecule has 1 aromatic rings. The Morgan fingerprint density at radius 2 is 2.10 bits per heavy atom. The van der Waals surface area contributed by atoms with Gasteiger partial charge in [-0.15, -0.1) is 0 Å². The minimum Gasteiger partial charge on any atom is -0.395 e. The Kier molecular flexibility index (Phi) is 6.23. The third kappa shape index (κ3) is 4.69. The molecule has 0 unspecified atom stereocenters. The van der Waals surface area contributed by atoms with E-state index in [-0.39, 0.29) is 12.5 Å². The first-order chi connectivity index (χ1) is 9.51. The average molecular weight is 275 g/mol. The fraction of sp³-hybridized carbons (Fsp3) is 0.438. The molecule has 2 N–H and O–H groups in total. The second-order valence-corrected chi connectivity index (χ2v) is 4.83. The summed E-state index contributed by atoms with van der Waals surface area (Å²) in [5.41, 5.74) is 0.951. The highest BCUT2D eigenvalue weighted by atomic mass is 16.5. The van der Waals surface area contributed by atoms with Crippen molar-refractivity contribution in [2.75, 3.05) is 13.7 Å². The van der Waals surface area contributed by atoms with Crippen molar-refractivity contribution in [1.82, 2.24) is 5.32 Å². The quantitative estimate of drug-likeness (QED) is 0.800. The largest absolute Gasteiger partial charge is 0.395 e. The molecule has 4 heteroatoms. The minimum absolute atomic E-state index is 0.0495. The van der Waals surface area contributed by atoms with Gasteiger partial charge in [-0.25, -0.2) is 0 Å². The molecule has 1 rings (SSSR count). The van der Waals surface area contributed by atoms with Gasteiger partial charge in [-0.3, -0.25) is 4.79 Å². The van der Waals surface area contributed by atoms with Crippen molar-refractivity contribution in [1.29, 1.82) is 0 Å². The lowest BCUT2D eigenvalue weighted by Gasteiger charge is -2.21. The van der Waals surface area contributed by atoms with Gasteiger partial charge in [-0.05, 0) is 25.5 Å². The number of ether oxygens (including phenoxy) is 1. The maximum Gasteiger partial charge on any atom is 0.251 e. The van der Waals surface area contributed by atoms with Crippen LogP contribution in [0.25, 0.3) is 0 Å². The van der Waals surface area contributed by atoms with E-state index in [1.54, 1.807) is 13.8 Å². The molecular formula is C16H21NO3. The first-order valence-corrected chi connectivity index (χ1v) is 6.52. The lowest BCUT2D eigenvalue weighted by molar-refractivity contribution is -0.139. The number of aliphatic hydroxyl groups excluding tert-OH is 1. The number of benzene rings is 1. The zero-order chi connectivity index (χ0) is 15.0. The molecule has 0 bridgehead atoms. The van der Waals surface area contributed by atoms with E-state index in [9.17, 15) is 4.79 Å². The summed E-state index contributed by atoms with van der Waals surface area (Å²) in [6.45, 7) is 3.88. The summed E-state index contributed by atoms with van der Waals surface area (Å²) in [7, 11) is 1.51. The van der Waals surface area contributed by atoms with Crippen LogP contribution in [0.2, 0.25) is 0 Å². The molecule has 0 saturated carbocycles. The van der Waals surface area contributed by atoms with E-state index in [1.807, 2.05) is 24.3 Å². The van der Waals surface area contributed by atoms with Gasteiger partial charge in [-0.1, -0.05) is 30.0 Å². The highest BCUT2D eigenvalue weighted by molar-refractivity contribution is 5.84. The topological polar surface area (TPSA) is 58.6 Å². The van der Waals surface area contributed by atoms with Gasteiger partial charge in [0.1, 0.15) is 5.60 Å². The van der Waals surface area contributed by atoms with Crippen molar-refractivity contribution in [3.05, 3.63) is 35.4 Å². The standard InChI is InChI=1S/C16H21NO3/c1-16(2,20-3)15(19)17-12-14-10-5-4-8-13(14)9-6-7-11-18/h4-5,8,10,18H,7,11-12H2,1-3H3,(H,17,19). The summed E-state index contributed by atoms with van der Waals surface area (Å²) in [6.07, 6.45) is 0.442. The van der Waals surface area contributed by atoms with Gasteiger partial charge in [0, 0.05) is 25.6 Å². The van der Waals surface area contributed by atoms with Gasteiger partial charge in [0.25, 0.3) is 5.91 Å². The molecule has 1 aromatic carbocycles. The number of amides is 1. The predicted octanol–water partition coefficient (Wildman–Crippen LogP) is 1.46. The molecule has 0 aliphatic heterocycles. The zero-order valence-corrected chi connectivity index (χ0v) is 12.2. The van der Waals surface area contributed by atoms with Crippen LogP contribution >= 0.6 is 0 Å². The summed E-state index contributed by atoms with van der Waals surface area (Å²) in [4.78, 5) is 11.9. The Balaban J connectivity index is 2.74. The molecule has 0 aliphatic carbocycles. The summed E-state index contributed by atoms with van der Waals surface area (Å²) >= 11 is 0. The fourth-order valence-corrected chi connectivity index (χ4v) is 1.49. The number of carbonyl (C=O) groups excluding carboxylic acids is 1. The first kappa shape index (κ1) is 16.2. The lowest BCUT2D eigenvalue weighted by atomic mass is 10.1. The Labute approximate surface area is 120 Å². The van der Waals surface area contributed by atoms with Gasteiger partial charge >= 0.3 is 0 Å². The van der Waals surface area contributed by atoms with Crippen molar-refractivity contribution < 1.29 is 14.6 Å². The lowest BCUT2D eigenvalue weighted by Crippen LogP contribution is -2.43. The maximum atomic E-state index is 11.9. The normalized spacial score (nSPS) is 10.6. The van der Waals surface area contributed by atoms with Crippen LogP contribution in [0.5, 0.6) is 0 Å². The molecule has 0 atom stereocenters. The van der Waals surface area contributed by atoms with Crippen LogP contribution in [0.15, 0.2) is 24.3 Å². The van der Waals surface area contributed by atoms with E-state index in [0.717, 1.165) is 11.1 Å². The highest BCUT2D eigenvalue weighted by Crippen LogP contribution is 2.10. The molecule has 20 heavy (non-hydrogen) atoms. The molecule has 108 valence electrons. The van der Waals surface area contributed by atoms with Crippen LogP contribution in [0, 0.1) is 11.8 Å². The van der Waals surface area contributed by atoms with Crippen molar-refractivity contribution in [2.45, 2.75) is 32.4 Å². The maximum absolute atomic E-state index is 11.9. The van der Waals surface area contributed by atoms with E-state index >= 15 is 0 Å². The third-order valence-electron chi connectivity index (χ3n) is 2.97. The highest BCUT2D eigenvalue weighted by Gasteiger charge is 2.26. The van der Waals surface area contributed by atoms with Crippen molar-refractivity contribution >= 4 is 5.91 Å². The number of methoxy groups -OCH3 is 1. The van der Waals surface area contributed by atoms with Crippen LogP contribution < -0.4 is 5.32 Å². The zero-order valence-electron chi connectivity index (χ0n) is 12.2. The molecule has 0 aliphatic rings. The van der Waals surface area contributed by atoms with Crippen LogP contribution in [-0.2, 0) is 16.1 Å². The van der Waals surface area contributed by atoms with Gasteiger partial charge in [-0.2, -0.15) is 0 Å². The molecule has 1 amide bonds. The molecular weight excluding hydrogens is 254 g/mol. The molecule has 0 fully saturated rings. The Morgan fingerprint density at radius 1 is 1.40 bits per heavy atom. The second kappa shape index (κ2) is 7.68. The van der Waals surface area contributed by atoms with Crippen LogP contribution in [0.4, 0.5) is 0 Å². The van der Waals surface area contributed by atoms with Crippen LogP contribution in [-0.4, -0.2) is 30.3 Å². The predicted molar refractivity (Wildman–Crippen MR) is 78.0 cm³/mol. The summed E-state index contributed by atoms with van der Waals surface area (Å²) in [5, 5.41) is 11.6. The Morgan fingerprint density at radius 3 is 2.75 bits per heavy atom. The SMILES string of the molecule is COC(C)(C)C(=O)NCc1ccccc1C#CCCO. The molecule has 0 heterocycles. The summed E-state index contributed by atoms with van der Waals surface area (Å²) < 4.78 is 5.13. The van der Waals surface area contributed by atoms with E-state index in [0.29, 0.717) is 13.0 Å². The number of hydrogen-bond donors (Lipinski definition) is 2. The third-order valence-corrected chi connectivity index (χ3v) is 2.97. The fourth-order valence-electron chi connectivity index (χ4n) is 1.49. The average Bonchev–Trinajstić information content (AvgIpc) is 2.46. The summed E-state index contributed by atoms with van der Waals surface area (Å²) in [6, 6.07) is 7.61. The number of carbonyl (C=O) groups is 1. The number of rotatable bonds is 5. The minimum atomic E-state index is -0.850. The number of aliphatic hydroxyl groups is 1. The van der Waals surface area contributed by atoms with E-state index in [4.69, 9.17) is 9.84 Å². The monoisotopic (exact) mass is 275 g/mol. The molecule has 0 saturated heterocycles. The van der Waals surface area contributed by atoms with E-state index in [1.165, 1.54) is 7.11 Å². The smallest absolute Gasteiger partial charge is 0.251 e. The van der Waals surface area contributed by atoms with Crippen molar-refractivity contribution in [3.8, 4) is 11.8 Å². The Hall–Kier alpha value is -1.83. The second-order valence-electron chi connectivity index (χ2n) is 4.83. The van der Waals surface area contributed by atoms with Gasteiger partial charge in [0.05, 0.1) is 6.61 Å². The van der Waals surface area contributed by atoms with Gasteiger partial charge in [0.15, 0.2) is 0 Å². The van der Waals surface area contributed by atoms with Crippen LogP contribution in [0.1, 0.15) is 31.4 Å². The Bertz CT molecular complexity index is 512. The van der Waals surface area contributed by atoms with Crippen molar-refractivity contribution in [3.63, 3.8) is 0 Å². The molecule has 0 aromatic heterocycles. The molecule has 0 radical (unpaired) electrons. The van der Waals surface area contributed by atoms with E-state index < -0.39 is 5.60 Å².